The van der Waals surface area contributed by atoms with Gasteiger partial charge in [0.1, 0.15) is 0 Å². The molecule has 0 N–H and O–H groups in total. The second-order valence-corrected chi connectivity index (χ2v) is 5.46. The Morgan fingerprint density at radius 2 is 2.20 bits per heavy atom. The van der Waals surface area contributed by atoms with Crippen LogP contribution in [-0.4, -0.2) is 5.78 Å². The smallest absolute Gasteiger partial charge is 0.176 e. The SMILES string of the molecule is C=C(C)CC(=O)c1cc2c(s1)CCCC2. The second-order valence-electron chi connectivity index (χ2n) is 4.32. The molecule has 0 amide bonds. The van der Waals surface area contributed by atoms with Gasteiger partial charge in [0, 0.05) is 11.3 Å². The van der Waals surface area contributed by atoms with Crippen molar-refractivity contribution in [3.05, 3.63) is 33.5 Å². The Labute approximate surface area is 94.8 Å². The van der Waals surface area contributed by atoms with Gasteiger partial charge in [-0.05, 0) is 44.2 Å². The Bertz CT molecular complexity index is 377. The Morgan fingerprint density at radius 1 is 1.47 bits per heavy atom. The Morgan fingerprint density at radius 3 is 2.87 bits per heavy atom. The summed E-state index contributed by atoms with van der Waals surface area (Å²) in [5.74, 6) is 0.238. The molecule has 15 heavy (non-hydrogen) atoms. The molecule has 0 aromatic carbocycles. The van der Waals surface area contributed by atoms with E-state index in [0.29, 0.717) is 6.42 Å². The zero-order chi connectivity index (χ0) is 10.8. The summed E-state index contributed by atoms with van der Waals surface area (Å²) in [6, 6.07) is 2.10. The van der Waals surface area contributed by atoms with E-state index in [0.717, 1.165) is 16.9 Å². The molecular formula is C13H16OS. The van der Waals surface area contributed by atoms with Gasteiger partial charge in [-0.3, -0.25) is 4.79 Å². The fourth-order valence-electron chi connectivity index (χ4n) is 1.99. The molecule has 0 atom stereocenters. The van der Waals surface area contributed by atoms with Crippen LogP contribution < -0.4 is 0 Å². The van der Waals surface area contributed by atoms with Crippen LogP contribution in [0.25, 0.3) is 0 Å². The number of hydrogen-bond acceptors (Lipinski definition) is 2. The van der Waals surface area contributed by atoms with Crippen molar-refractivity contribution >= 4 is 17.1 Å². The van der Waals surface area contributed by atoms with Crippen molar-refractivity contribution in [3.8, 4) is 0 Å². The first kappa shape index (κ1) is 10.6. The van der Waals surface area contributed by atoms with Gasteiger partial charge in [0.15, 0.2) is 5.78 Å². The van der Waals surface area contributed by atoms with Crippen molar-refractivity contribution in [2.45, 2.75) is 39.0 Å². The zero-order valence-electron chi connectivity index (χ0n) is 9.14. The first-order chi connectivity index (χ1) is 7.16. The van der Waals surface area contributed by atoms with Crippen LogP contribution >= 0.6 is 11.3 Å². The lowest BCUT2D eigenvalue weighted by molar-refractivity contribution is 0.0997. The van der Waals surface area contributed by atoms with Crippen molar-refractivity contribution in [3.63, 3.8) is 0 Å². The third kappa shape index (κ3) is 2.37. The van der Waals surface area contributed by atoms with Gasteiger partial charge in [-0.2, -0.15) is 0 Å². The first-order valence-electron chi connectivity index (χ1n) is 5.46. The molecule has 0 spiro atoms. The Balaban J connectivity index is 2.18. The molecular weight excluding hydrogens is 204 g/mol. The summed E-state index contributed by atoms with van der Waals surface area (Å²) >= 11 is 1.69. The van der Waals surface area contributed by atoms with Gasteiger partial charge in [-0.15, -0.1) is 11.3 Å². The average molecular weight is 220 g/mol. The van der Waals surface area contributed by atoms with Crippen LogP contribution in [-0.2, 0) is 12.8 Å². The normalized spacial score (nSPS) is 14.7. The third-order valence-corrected chi connectivity index (χ3v) is 4.01. The van der Waals surface area contributed by atoms with Crippen LogP contribution in [0.15, 0.2) is 18.2 Å². The number of ketones is 1. The Kier molecular flexibility index (Phi) is 3.06. The van der Waals surface area contributed by atoms with Gasteiger partial charge in [0.25, 0.3) is 0 Å². The van der Waals surface area contributed by atoms with Crippen LogP contribution in [0.4, 0.5) is 0 Å². The molecule has 0 saturated carbocycles. The number of Topliss-reactive ketones (excluding diaryl/α,β-unsaturated/α-hetero) is 1. The highest BCUT2D eigenvalue weighted by atomic mass is 32.1. The molecule has 0 saturated heterocycles. The lowest BCUT2D eigenvalue weighted by Crippen LogP contribution is -1.97. The number of aryl methyl sites for hydroxylation is 2. The van der Waals surface area contributed by atoms with Crippen molar-refractivity contribution < 1.29 is 4.79 Å². The number of rotatable bonds is 3. The van der Waals surface area contributed by atoms with Gasteiger partial charge >= 0.3 is 0 Å². The molecule has 1 aliphatic rings. The van der Waals surface area contributed by atoms with Gasteiger partial charge in [0.05, 0.1) is 4.88 Å². The molecule has 0 fully saturated rings. The summed E-state index contributed by atoms with van der Waals surface area (Å²) in [4.78, 5) is 14.2. The van der Waals surface area contributed by atoms with E-state index in [1.54, 1.807) is 11.3 Å². The van der Waals surface area contributed by atoms with Crippen LogP contribution in [0.2, 0.25) is 0 Å². The van der Waals surface area contributed by atoms with E-state index in [1.807, 2.05) is 6.92 Å². The minimum atomic E-state index is 0.238. The molecule has 0 radical (unpaired) electrons. The minimum Gasteiger partial charge on any atom is -0.293 e. The van der Waals surface area contributed by atoms with E-state index in [2.05, 4.69) is 12.6 Å². The maximum absolute atomic E-state index is 11.8. The quantitative estimate of drug-likeness (QED) is 0.559. The highest BCUT2D eigenvalue weighted by Gasteiger charge is 2.16. The number of thiophene rings is 1. The number of carbonyl (C=O) groups is 1. The van der Waals surface area contributed by atoms with Gasteiger partial charge in [-0.1, -0.05) is 12.2 Å². The van der Waals surface area contributed by atoms with Crippen molar-refractivity contribution in [2.75, 3.05) is 0 Å². The molecule has 1 aliphatic carbocycles. The number of fused-ring (bicyclic) bond motifs is 1. The van der Waals surface area contributed by atoms with E-state index in [4.69, 9.17) is 0 Å². The topological polar surface area (TPSA) is 17.1 Å². The minimum absolute atomic E-state index is 0.238. The van der Waals surface area contributed by atoms with Crippen molar-refractivity contribution in [1.82, 2.24) is 0 Å². The number of hydrogen-bond donors (Lipinski definition) is 0. The van der Waals surface area contributed by atoms with Crippen LogP contribution in [0.3, 0.4) is 0 Å². The van der Waals surface area contributed by atoms with Gasteiger partial charge in [-0.25, -0.2) is 0 Å². The van der Waals surface area contributed by atoms with E-state index < -0.39 is 0 Å². The lowest BCUT2D eigenvalue weighted by atomic mass is 9.99. The van der Waals surface area contributed by atoms with Crippen molar-refractivity contribution in [2.24, 2.45) is 0 Å². The summed E-state index contributed by atoms with van der Waals surface area (Å²) < 4.78 is 0. The number of allylic oxidation sites excluding steroid dienone is 1. The first-order valence-corrected chi connectivity index (χ1v) is 6.27. The Hall–Kier alpha value is -0.890. The molecule has 0 unspecified atom stereocenters. The van der Waals surface area contributed by atoms with E-state index >= 15 is 0 Å². The summed E-state index contributed by atoms with van der Waals surface area (Å²) in [5.41, 5.74) is 2.36. The highest BCUT2D eigenvalue weighted by molar-refractivity contribution is 7.14. The monoisotopic (exact) mass is 220 g/mol. The standard InChI is InChI=1S/C13H16OS/c1-9(2)7-11(14)13-8-10-5-3-4-6-12(10)15-13/h8H,1,3-7H2,2H3. The molecule has 2 rings (SSSR count). The van der Waals surface area contributed by atoms with E-state index in [1.165, 1.54) is 29.7 Å². The van der Waals surface area contributed by atoms with Crippen LogP contribution in [0.5, 0.6) is 0 Å². The molecule has 0 bridgehead atoms. The molecule has 1 aromatic rings. The van der Waals surface area contributed by atoms with E-state index in [9.17, 15) is 4.79 Å². The van der Waals surface area contributed by atoms with Crippen LogP contribution in [0.1, 0.15) is 46.3 Å². The largest absolute Gasteiger partial charge is 0.293 e. The molecule has 80 valence electrons. The predicted molar refractivity (Wildman–Crippen MR) is 64.7 cm³/mol. The van der Waals surface area contributed by atoms with Crippen molar-refractivity contribution in [1.29, 1.82) is 0 Å². The summed E-state index contributed by atoms with van der Waals surface area (Å²) in [5, 5.41) is 0. The maximum atomic E-state index is 11.8. The zero-order valence-corrected chi connectivity index (χ0v) is 9.95. The lowest BCUT2D eigenvalue weighted by Gasteiger charge is -2.08. The van der Waals surface area contributed by atoms with Crippen LogP contribution in [0, 0.1) is 0 Å². The van der Waals surface area contributed by atoms with Gasteiger partial charge in [0.2, 0.25) is 0 Å². The fourth-order valence-corrected chi connectivity index (χ4v) is 3.18. The summed E-state index contributed by atoms with van der Waals surface area (Å²) in [7, 11) is 0. The molecule has 1 aromatic heterocycles. The third-order valence-electron chi connectivity index (χ3n) is 2.73. The molecule has 1 heterocycles. The second kappa shape index (κ2) is 4.31. The predicted octanol–water partition coefficient (Wildman–Crippen LogP) is 3.78. The average Bonchev–Trinajstić information content (AvgIpc) is 2.59. The van der Waals surface area contributed by atoms with Gasteiger partial charge < -0.3 is 0 Å². The summed E-state index contributed by atoms with van der Waals surface area (Å²) in [6.45, 7) is 5.69. The summed E-state index contributed by atoms with van der Waals surface area (Å²) in [6.07, 6.45) is 5.38. The maximum Gasteiger partial charge on any atom is 0.176 e. The van der Waals surface area contributed by atoms with E-state index in [-0.39, 0.29) is 5.78 Å². The highest BCUT2D eigenvalue weighted by Crippen LogP contribution is 2.30. The number of carbonyl (C=O) groups excluding carboxylic acids is 1. The fraction of sp³-hybridized carbons (Fsp3) is 0.462. The molecule has 0 aliphatic heterocycles. The molecule has 1 nitrogen and oxygen atoms in total. The molecule has 2 heteroatoms.